The van der Waals surface area contributed by atoms with Crippen molar-refractivity contribution in [2.24, 2.45) is 17.3 Å². The molecule has 1 unspecified atom stereocenters. The minimum Gasteiger partial charge on any atom is -0.425 e. The van der Waals surface area contributed by atoms with Gasteiger partial charge in [0, 0.05) is 36.6 Å². The SMILES string of the molecule is CC1CCC(C(=O)N(c2cc(-c3ccccc3)sc2C(=O)OC(C)OC(=O)C(C)(C)C)C2CC[NH+](C)CC2)CC1. The topological polar surface area (TPSA) is 77.3 Å². The second-order valence-corrected chi connectivity index (χ2v) is 13.7. The number of nitrogens with one attached hydrogen (secondary N) is 1. The van der Waals surface area contributed by atoms with Gasteiger partial charge in [0.1, 0.15) is 4.88 Å². The van der Waals surface area contributed by atoms with Crippen molar-refractivity contribution in [2.75, 3.05) is 25.0 Å². The summed E-state index contributed by atoms with van der Waals surface area (Å²) < 4.78 is 11.1. The van der Waals surface area contributed by atoms with Gasteiger partial charge >= 0.3 is 11.9 Å². The molecule has 0 bridgehead atoms. The maximum absolute atomic E-state index is 14.3. The highest BCUT2D eigenvalue weighted by atomic mass is 32.1. The predicted octanol–water partition coefficient (Wildman–Crippen LogP) is 5.34. The summed E-state index contributed by atoms with van der Waals surface area (Å²) in [5.74, 6) is -0.307. The molecule has 2 fully saturated rings. The Morgan fingerprint density at radius 2 is 1.60 bits per heavy atom. The Hall–Kier alpha value is -2.71. The Kier molecular flexibility index (Phi) is 9.72. The van der Waals surface area contributed by atoms with Crippen LogP contribution in [0.15, 0.2) is 36.4 Å². The quantitative estimate of drug-likeness (QED) is 0.360. The molecule has 1 saturated carbocycles. The number of esters is 2. The van der Waals surface area contributed by atoms with Gasteiger partial charge < -0.3 is 19.3 Å². The third-order valence-corrected chi connectivity index (χ3v) is 9.30. The van der Waals surface area contributed by atoms with E-state index in [1.54, 1.807) is 27.7 Å². The Balaban J connectivity index is 1.71. The van der Waals surface area contributed by atoms with Crippen molar-refractivity contribution in [1.82, 2.24) is 0 Å². The van der Waals surface area contributed by atoms with E-state index in [9.17, 15) is 14.4 Å². The van der Waals surface area contributed by atoms with Gasteiger partial charge in [-0.3, -0.25) is 9.59 Å². The van der Waals surface area contributed by atoms with Crippen molar-refractivity contribution in [3.63, 3.8) is 0 Å². The van der Waals surface area contributed by atoms with Gasteiger partial charge in [0.15, 0.2) is 0 Å². The van der Waals surface area contributed by atoms with Gasteiger partial charge in [0.2, 0.25) is 12.2 Å². The lowest BCUT2D eigenvalue weighted by Gasteiger charge is -2.38. The highest BCUT2D eigenvalue weighted by Gasteiger charge is 2.38. The van der Waals surface area contributed by atoms with Gasteiger partial charge in [-0.15, -0.1) is 11.3 Å². The van der Waals surface area contributed by atoms with E-state index in [1.807, 2.05) is 41.3 Å². The van der Waals surface area contributed by atoms with E-state index in [-0.39, 0.29) is 17.9 Å². The van der Waals surface area contributed by atoms with E-state index in [2.05, 4.69) is 14.0 Å². The standard InChI is InChI=1S/C32H44N2O5S/c1-21-12-14-24(15-13-21)29(35)34(25-16-18-33(6)19-17-25)26-20-27(23-10-8-7-9-11-23)40-28(26)30(36)38-22(2)39-31(37)32(3,4)5/h7-11,20-22,24-25H,12-19H2,1-6H3/p+1. The maximum Gasteiger partial charge on any atom is 0.353 e. The Bertz CT molecular complexity index is 1170. The molecule has 1 aliphatic heterocycles. The van der Waals surface area contributed by atoms with Crippen molar-refractivity contribution in [2.45, 2.75) is 85.5 Å². The molecule has 1 aromatic carbocycles. The molecule has 1 saturated heterocycles. The van der Waals surface area contributed by atoms with E-state index in [1.165, 1.54) is 16.2 Å². The van der Waals surface area contributed by atoms with Gasteiger partial charge in [-0.2, -0.15) is 0 Å². The van der Waals surface area contributed by atoms with Crippen LogP contribution in [0.25, 0.3) is 10.4 Å². The predicted molar refractivity (Wildman–Crippen MR) is 158 cm³/mol. The molecule has 0 radical (unpaired) electrons. The zero-order chi connectivity index (χ0) is 29.0. The first-order chi connectivity index (χ1) is 18.9. The average molecular weight is 570 g/mol. The summed E-state index contributed by atoms with van der Waals surface area (Å²) in [5.41, 5.74) is 0.884. The summed E-state index contributed by atoms with van der Waals surface area (Å²) in [4.78, 5) is 45.1. The average Bonchev–Trinajstić information content (AvgIpc) is 3.35. The fourth-order valence-corrected chi connectivity index (χ4v) is 6.60. The van der Waals surface area contributed by atoms with E-state index in [0.29, 0.717) is 16.5 Å². The van der Waals surface area contributed by atoms with Gasteiger partial charge in [0.05, 0.1) is 31.2 Å². The molecule has 8 heteroatoms. The molecule has 7 nitrogen and oxygen atoms in total. The van der Waals surface area contributed by atoms with Crippen LogP contribution in [0, 0.1) is 17.3 Å². The largest absolute Gasteiger partial charge is 0.425 e. The minimum absolute atomic E-state index is 0.0245. The van der Waals surface area contributed by atoms with Crippen LogP contribution < -0.4 is 9.80 Å². The molecule has 1 atom stereocenters. The Morgan fingerprint density at radius 1 is 0.975 bits per heavy atom. The normalized spacial score (nSPS) is 24.1. The van der Waals surface area contributed by atoms with Crippen LogP contribution in [0.3, 0.4) is 0 Å². The number of piperidine rings is 1. The second-order valence-electron chi connectivity index (χ2n) is 12.7. The third-order valence-electron chi connectivity index (χ3n) is 8.15. The molecule has 4 rings (SSSR count). The van der Waals surface area contributed by atoms with Crippen LogP contribution >= 0.6 is 11.3 Å². The second kappa shape index (κ2) is 12.9. The number of thiophene rings is 1. The number of hydrogen-bond donors (Lipinski definition) is 1. The summed E-state index contributed by atoms with van der Waals surface area (Å²) in [6.07, 6.45) is 4.56. The van der Waals surface area contributed by atoms with E-state index >= 15 is 0 Å². The molecule has 40 heavy (non-hydrogen) atoms. The van der Waals surface area contributed by atoms with E-state index < -0.39 is 23.6 Å². The number of carbonyl (C=O) groups excluding carboxylic acids is 3. The number of quaternary nitrogens is 1. The first kappa shape index (κ1) is 30.3. The van der Waals surface area contributed by atoms with Crippen molar-refractivity contribution >= 4 is 34.9 Å². The lowest BCUT2D eigenvalue weighted by atomic mass is 9.82. The van der Waals surface area contributed by atoms with E-state index in [4.69, 9.17) is 9.47 Å². The molecule has 218 valence electrons. The Morgan fingerprint density at radius 3 is 2.20 bits per heavy atom. The summed E-state index contributed by atoms with van der Waals surface area (Å²) in [7, 11) is 2.19. The van der Waals surface area contributed by atoms with Crippen molar-refractivity contribution in [3.05, 3.63) is 41.3 Å². The number of benzene rings is 1. The number of amides is 1. The fourth-order valence-electron chi connectivity index (χ4n) is 5.56. The van der Waals surface area contributed by atoms with Gasteiger partial charge in [-0.05, 0) is 64.0 Å². The first-order valence-corrected chi connectivity index (χ1v) is 15.5. The lowest BCUT2D eigenvalue weighted by Crippen LogP contribution is -3.10. The van der Waals surface area contributed by atoms with Crippen LogP contribution in [-0.4, -0.2) is 50.3 Å². The molecule has 0 spiro atoms. The van der Waals surface area contributed by atoms with Gasteiger partial charge in [-0.25, -0.2) is 4.79 Å². The summed E-state index contributed by atoms with van der Waals surface area (Å²) in [6, 6.07) is 11.9. The Labute approximate surface area is 242 Å². The van der Waals surface area contributed by atoms with E-state index in [0.717, 1.165) is 62.1 Å². The van der Waals surface area contributed by atoms with Gasteiger partial charge in [-0.1, -0.05) is 37.3 Å². The molecule has 1 aromatic heterocycles. The molecule has 1 amide bonds. The molecular weight excluding hydrogens is 524 g/mol. The molecule has 1 aliphatic carbocycles. The first-order valence-electron chi connectivity index (χ1n) is 14.7. The van der Waals surface area contributed by atoms with Crippen molar-refractivity contribution in [3.8, 4) is 10.4 Å². The number of carbonyl (C=O) groups is 3. The molecule has 2 aromatic rings. The van der Waals surface area contributed by atoms with Crippen molar-refractivity contribution < 1.29 is 28.8 Å². The van der Waals surface area contributed by atoms with Crippen LogP contribution in [0.2, 0.25) is 0 Å². The summed E-state index contributed by atoms with van der Waals surface area (Å²) >= 11 is 1.33. The summed E-state index contributed by atoms with van der Waals surface area (Å²) in [5, 5.41) is 0. The monoisotopic (exact) mass is 569 g/mol. The van der Waals surface area contributed by atoms with Crippen LogP contribution in [-0.2, 0) is 19.1 Å². The third kappa shape index (κ3) is 7.32. The van der Waals surface area contributed by atoms with Crippen LogP contribution in [0.1, 0.15) is 82.8 Å². The maximum atomic E-state index is 14.3. The number of ether oxygens (including phenoxy) is 2. The zero-order valence-corrected chi connectivity index (χ0v) is 25.6. The lowest BCUT2D eigenvalue weighted by molar-refractivity contribution is -0.884. The number of anilines is 1. The molecule has 2 heterocycles. The highest BCUT2D eigenvalue weighted by Crippen LogP contribution is 2.41. The van der Waals surface area contributed by atoms with Crippen LogP contribution in [0.5, 0.6) is 0 Å². The smallest absolute Gasteiger partial charge is 0.353 e. The molecule has 2 aliphatic rings. The van der Waals surface area contributed by atoms with Crippen LogP contribution in [0.4, 0.5) is 5.69 Å². The fraction of sp³-hybridized carbons (Fsp3) is 0.594. The minimum atomic E-state index is -1.05. The number of rotatable bonds is 7. The number of hydrogen-bond acceptors (Lipinski definition) is 6. The summed E-state index contributed by atoms with van der Waals surface area (Å²) in [6.45, 7) is 11.0. The van der Waals surface area contributed by atoms with Gasteiger partial charge in [0.25, 0.3) is 0 Å². The molecule has 1 N–H and O–H groups in total. The number of nitrogens with zero attached hydrogens (tertiary/aromatic N) is 1. The van der Waals surface area contributed by atoms with Crippen molar-refractivity contribution in [1.29, 1.82) is 0 Å². The number of likely N-dealkylation sites (tertiary alicyclic amines) is 1. The highest BCUT2D eigenvalue weighted by molar-refractivity contribution is 7.18. The zero-order valence-electron chi connectivity index (χ0n) is 24.8. The molecular formula is C32H45N2O5S+.